The first-order valence-electron chi connectivity index (χ1n) is 13.2. The van der Waals surface area contributed by atoms with Crippen molar-refractivity contribution in [1.82, 2.24) is 9.97 Å². The molecule has 0 atom stereocenters. The summed E-state index contributed by atoms with van der Waals surface area (Å²) in [5, 5.41) is 0. The van der Waals surface area contributed by atoms with Crippen LogP contribution in [0.4, 0.5) is 11.4 Å². The number of hydrogen-bond acceptors (Lipinski definition) is 6. The van der Waals surface area contributed by atoms with E-state index < -0.39 is 0 Å². The van der Waals surface area contributed by atoms with Gasteiger partial charge in [0.1, 0.15) is 0 Å². The zero-order chi connectivity index (χ0) is 26.7. The van der Waals surface area contributed by atoms with E-state index in [9.17, 15) is 0 Å². The maximum absolute atomic E-state index is 4.58. The highest BCUT2D eigenvalue weighted by Crippen LogP contribution is 2.28. The molecule has 4 aromatic rings. The van der Waals surface area contributed by atoms with E-state index in [2.05, 4.69) is 108 Å². The van der Waals surface area contributed by atoms with Gasteiger partial charge in [0.2, 0.25) is 0 Å². The molecule has 2 aromatic carbocycles. The second kappa shape index (κ2) is 14.3. The molecular formula is C32H38N4S2. The molecule has 0 unspecified atom stereocenters. The summed E-state index contributed by atoms with van der Waals surface area (Å²) in [7, 11) is 3.92. The lowest BCUT2D eigenvalue weighted by atomic mass is 10.1. The third-order valence-electron chi connectivity index (χ3n) is 6.52. The van der Waals surface area contributed by atoms with Crippen LogP contribution < -0.4 is 9.80 Å². The molecule has 0 amide bonds. The zero-order valence-corrected chi connectivity index (χ0v) is 24.6. The predicted molar refractivity (Wildman–Crippen MR) is 167 cm³/mol. The van der Waals surface area contributed by atoms with Crippen molar-refractivity contribution in [3.05, 3.63) is 119 Å². The highest BCUT2D eigenvalue weighted by Gasteiger charge is 2.13. The maximum Gasteiger partial charge on any atom is 0.0602 e. The monoisotopic (exact) mass is 542 g/mol. The summed E-state index contributed by atoms with van der Waals surface area (Å²) < 4.78 is 0. The molecule has 0 N–H and O–H groups in total. The molecule has 0 radical (unpaired) electrons. The normalized spacial score (nSPS) is 10.9. The van der Waals surface area contributed by atoms with Crippen LogP contribution in [0.15, 0.2) is 85.2 Å². The summed E-state index contributed by atoms with van der Waals surface area (Å²) in [6.07, 6.45) is 3.76. The minimum absolute atomic E-state index is 0.820. The SMILES string of the molecule is Cc1ccc(N(CCSSCCN(Cc2ccccn2)c2ccc(C)cc2C)Cc2ccccn2)c(C)c1. The quantitative estimate of drug-likeness (QED) is 0.127. The summed E-state index contributed by atoms with van der Waals surface area (Å²) in [5.41, 5.74) is 10.0. The highest BCUT2D eigenvalue weighted by molar-refractivity contribution is 8.76. The molecule has 4 rings (SSSR count). The van der Waals surface area contributed by atoms with E-state index in [1.54, 1.807) is 0 Å². The van der Waals surface area contributed by atoms with Crippen LogP contribution in [0.2, 0.25) is 0 Å². The van der Waals surface area contributed by atoms with Gasteiger partial charge >= 0.3 is 0 Å². The summed E-state index contributed by atoms with van der Waals surface area (Å²) in [5.74, 6) is 2.10. The van der Waals surface area contributed by atoms with Gasteiger partial charge in [0.25, 0.3) is 0 Å². The first-order chi connectivity index (χ1) is 18.5. The third-order valence-corrected chi connectivity index (χ3v) is 8.88. The smallest absolute Gasteiger partial charge is 0.0602 e. The molecule has 4 nitrogen and oxygen atoms in total. The van der Waals surface area contributed by atoms with Gasteiger partial charge in [0.05, 0.1) is 24.5 Å². The number of anilines is 2. The fourth-order valence-electron chi connectivity index (χ4n) is 4.68. The first-order valence-corrected chi connectivity index (χ1v) is 15.7. The lowest BCUT2D eigenvalue weighted by molar-refractivity contribution is 0.810. The summed E-state index contributed by atoms with van der Waals surface area (Å²) in [6.45, 7) is 12.3. The molecule has 38 heavy (non-hydrogen) atoms. The standard InChI is InChI=1S/C32H38N4S2/c1-25-11-13-31(27(3)21-25)35(23-29-9-5-7-15-33-29)17-19-37-38-20-18-36(24-30-10-6-8-16-34-30)32-14-12-26(2)22-28(32)4/h5-16,21-22H,17-20,23-24H2,1-4H3. The van der Waals surface area contributed by atoms with Crippen molar-refractivity contribution in [3.63, 3.8) is 0 Å². The number of aromatic nitrogens is 2. The molecule has 0 bridgehead atoms. The molecule has 2 heterocycles. The van der Waals surface area contributed by atoms with Crippen LogP contribution in [-0.4, -0.2) is 34.6 Å². The number of benzene rings is 2. The van der Waals surface area contributed by atoms with Gasteiger partial charge in [-0.2, -0.15) is 0 Å². The Hall–Kier alpha value is -2.96. The fraction of sp³-hybridized carbons (Fsp3) is 0.312. The van der Waals surface area contributed by atoms with Gasteiger partial charge < -0.3 is 9.80 Å². The topological polar surface area (TPSA) is 32.3 Å². The Morgan fingerprint density at radius 2 is 1.03 bits per heavy atom. The van der Waals surface area contributed by atoms with Crippen molar-refractivity contribution in [2.45, 2.75) is 40.8 Å². The Morgan fingerprint density at radius 3 is 1.39 bits per heavy atom. The van der Waals surface area contributed by atoms with Crippen LogP contribution in [0.25, 0.3) is 0 Å². The van der Waals surface area contributed by atoms with Crippen LogP contribution in [0.1, 0.15) is 33.6 Å². The van der Waals surface area contributed by atoms with Crippen LogP contribution in [0, 0.1) is 27.7 Å². The summed E-state index contributed by atoms with van der Waals surface area (Å²) in [6, 6.07) is 25.8. The van der Waals surface area contributed by atoms with E-state index in [4.69, 9.17) is 0 Å². The van der Waals surface area contributed by atoms with E-state index in [0.29, 0.717) is 0 Å². The van der Waals surface area contributed by atoms with Crippen molar-refractivity contribution in [2.24, 2.45) is 0 Å². The minimum atomic E-state index is 0.820. The third kappa shape index (κ3) is 8.27. The van der Waals surface area contributed by atoms with E-state index in [-0.39, 0.29) is 0 Å². The second-order valence-electron chi connectivity index (χ2n) is 9.71. The van der Waals surface area contributed by atoms with Crippen LogP contribution >= 0.6 is 21.6 Å². The summed E-state index contributed by atoms with van der Waals surface area (Å²) >= 11 is 0. The Balaban J connectivity index is 1.34. The van der Waals surface area contributed by atoms with Crippen molar-refractivity contribution < 1.29 is 0 Å². The van der Waals surface area contributed by atoms with Gasteiger partial charge in [0.15, 0.2) is 0 Å². The average Bonchev–Trinajstić information content (AvgIpc) is 2.91. The van der Waals surface area contributed by atoms with E-state index in [1.807, 2.05) is 46.1 Å². The van der Waals surface area contributed by atoms with Crippen LogP contribution in [0.3, 0.4) is 0 Å². The van der Waals surface area contributed by atoms with Crippen molar-refractivity contribution >= 4 is 33.0 Å². The number of nitrogens with zero attached hydrogens (tertiary/aromatic N) is 4. The lowest BCUT2D eigenvalue weighted by Crippen LogP contribution is -2.27. The van der Waals surface area contributed by atoms with Gasteiger partial charge in [-0.1, -0.05) is 69.1 Å². The van der Waals surface area contributed by atoms with Gasteiger partial charge in [-0.3, -0.25) is 9.97 Å². The van der Waals surface area contributed by atoms with Crippen molar-refractivity contribution in [1.29, 1.82) is 0 Å². The molecular weight excluding hydrogens is 505 g/mol. The molecule has 0 aliphatic rings. The minimum Gasteiger partial charge on any atom is -0.365 e. The van der Waals surface area contributed by atoms with E-state index >= 15 is 0 Å². The molecule has 0 saturated carbocycles. The van der Waals surface area contributed by atoms with Crippen LogP contribution in [-0.2, 0) is 13.1 Å². The molecule has 0 fully saturated rings. The fourth-order valence-corrected chi connectivity index (χ4v) is 6.66. The van der Waals surface area contributed by atoms with Crippen molar-refractivity contribution in [2.75, 3.05) is 34.4 Å². The second-order valence-corrected chi connectivity index (χ2v) is 12.4. The highest BCUT2D eigenvalue weighted by atomic mass is 33.1. The average molecular weight is 543 g/mol. The lowest BCUT2D eigenvalue weighted by Gasteiger charge is -2.27. The van der Waals surface area contributed by atoms with Gasteiger partial charge in [-0.25, -0.2) is 0 Å². The van der Waals surface area contributed by atoms with E-state index in [0.717, 1.165) is 49.1 Å². The molecule has 2 aromatic heterocycles. The van der Waals surface area contributed by atoms with E-state index in [1.165, 1.54) is 33.6 Å². The van der Waals surface area contributed by atoms with Gasteiger partial charge in [0, 0.05) is 48.4 Å². The maximum atomic E-state index is 4.58. The number of pyridine rings is 2. The number of rotatable bonds is 13. The Bertz CT molecular complexity index is 1180. The first kappa shape index (κ1) is 28.1. The molecule has 0 aliphatic carbocycles. The van der Waals surface area contributed by atoms with Gasteiger partial charge in [-0.05, 0) is 75.2 Å². The Morgan fingerprint density at radius 1 is 0.579 bits per heavy atom. The number of aryl methyl sites for hydroxylation is 4. The number of hydrogen-bond donors (Lipinski definition) is 0. The Kier molecular flexibility index (Phi) is 10.5. The predicted octanol–water partition coefficient (Wildman–Crippen LogP) is 7.81. The molecule has 0 aliphatic heterocycles. The largest absolute Gasteiger partial charge is 0.365 e. The van der Waals surface area contributed by atoms with Gasteiger partial charge in [-0.15, -0.1) is 0 Å². The van der Waals surface area contributed by atoms with Crippen LogP contribution in [0.5, 0.6) is 0 Å². The summed E-state index contributed by atoms with van der Waals surface area (Å²) in [4.78, 5) is 14.1. The Labute approximate surface area is 236 Å². The molecule has 198 valence electrons. The molecule has 0 saturated heterocycles. The molecule has 6 heteroatoms. The molecule has 0 spiro atoms. The van der Waals surface area contributed by atoms with Crippen molar-refractivity contribution in [3.8, 4) is 0 Å². The zero-order valence-electron chi connectivity index (χ0n) is 22.9.